The lowest BCUT2D eigenvalue weighted by molar-refractivity contribution is 0.0204. The van der Waals surface area contributed by atoms with Crippen molar-refractivity contribution < 1.29 is 18.7 Å². The minimum absolute atomic E-state index is 0.0557. The number of likely N-dealkylation sites (tertiary alicyclic amines) is 1. The molecular weight excluding hydrogens is 447 g/mol. The lowest BCUT2D eigenvalue weighted by atomic mass is 9.90. The summed E-state index contributed by atoms with van der Waals surface area (Å²) < 4.78 is 22.4. The van der Waals surface area contributed by atoms with E-state index in [1.807, 2.05) is 49.7 Å². The second-order valence-corrected chi connectivity index (χ2v) is 10.4. The summed E-state index contributed by atoms with van der Waals surface area (Å²) in [6.07, 6.45) is 4.83. The third-order valence-electron chi connectivity index (χ3n) is 6.30. The fourth-order valence-corrected chi connectivity index (χ4v) is 4.43. The monoisotopic (exact) mass is 480 g/mol. The Hall–Kier alpha value is -3.42. The molecule has 3 heterocycles. The second-order valence-electron chi connectivity index (χ2n) is 10.4. The van der Waals surface area contributed by atoms with Crippen molar-refractivity contribution in [3.05, 3.63) is 65.4 Å². The number of halogens is 1. The number of carbonyl (C=O) groups is 2. The molecule has 2 amide bonds. The number of aromatic nitrogens is 2. The van der Waals surface area contributed by atoms with Crippen LogP contribution in [0.3, 0.4) is 0 Å². The number of benzene rings is 1. The van der Waals surface area contributed by atoms with E-state index < -0.39 is 5.60 Å². The van der Waals surface area contributed by atoms with Crippen LogP contribution in [0.5, 0.6) is 0 Å². The van der Waals surface area contributed by atoms with Gasteiger partial charge in [-0.1, -0.05) is 0 Å². The number of ether oxygens (including phenoxy) is 1. The SMILES string of the molecule is CN(C)C(=O)c1ccc2c(ccn2Cc2ncc(C3CCN(C(=O)OC(C)(C)C)CC3)cc2F)c1. The third kappa shape index (κ3) is 5.63. The van der Waals surface area contributed by atoms with Crippen molar-refractivity contribution in [3.8, 4) is 0 Å². The van der Waals surface area contributed by atoms with Crippen molar-refractivity contribution in [2.24, 2.45) is 0 Å². The molecule has 0 radical (unpaired) electrons. The molecule has 0 spiro atoms. The fourth-order valence-electron chi connectivity index (χ4n) is 4.43. The van der Waals surface area contributed by atoms with E-state index in [0.717, 1.165) is 29.3 Å². The zero-order chi connectivity index (χ0) is 25.3. The van der Waals surface area contributed by atoms with E-state index in [4.69, 9.17) is 4.74 Å². The number of fused-ring (bicyclic) bond motifs is 1. The van der Waals surface area contributed by atoms with Gasteiger partial charge in [0, 0.05) is 56.0 Å². The van der Waals surface area contributed by atoms with Gasteiger partial charge in [-0.2, -0.15) is 0 Å². The fraction of sp³-hybridized carbons (Fsp3) is 0.444. The summed E-state index contributed by atoms with van der Waals surface area (Å²) in [5.41, 5.74) is 2.24. The average Bonchev–Trinajstić information content (AvgIpc) is 3.20. The number of rotatable bonds is 4. The molecule has 2 aromatic heterocycles. The number of carbonyl (C=O) groups excluding carboxylic acids is 2. The molecule has 7 nitrogen and oxygen atoms in total. The highest BCUT2D eigenvalue weighted by Gasteiger charge is 2.28. The van der Waals surface area contributed by atoms with Crippen molar-refractivity contribution in [2.45, 2.75) is 51.7 Å². The molecule has 35 heavy (non-hydrogen) atoms. The van der Waals surface area contributed by atoms with Gasteiger partial charge < -0.3 is 19.1 Å². The number of piperidine rings is 1. The van der Waals surface area contributed by atoms with Crippen molar-refractivity contribution in [1.82, 2.24) is 19.4 Å². The molecule has 1 saturated heterocycles. The van der Waals surface area contributed by atoms with E-state index >= 15 is 4.39 Å². The first-order valence-electron chi connectivity index (χ1n) is 11.9. The van der Waals surface area contributed by atoms with E-state index in [0.29, 0.717) is 30.9 Å². The van der Waals surface area contributed by atoms with Crippen molar-refractivity contribution in [3.63, 3.8) is 0 Å². The molecule has 0 N–H and O–H groups in total. The predicted molar refractivity (Wildman–Crippen MR) is 133 cm³/mol. The molecule has 8 heteroatoms. The van der Waals surface area contributed by atoms with E-state index in [9.17, 15) is 9.59 Å². The van der Waals surface area contributed by atoms with E-state index in [1.165, 1.54) is 0 Å². The highest BCUT2D eigenvalue weighted by Crippen LogP contribution is 2.29. The van der Waals surface area contributed by atoms with E-state index in [1.54, 1.807) is 42.2 Å². The summed E-state index contributed by atoms with van der Waals surface area (Å²) in [6.45, 7) is 7.02. The molecule has 0 unspecified atom stereocenters. The Morgan fingerprint density at radius 3 is 2.49 bits per heavy atom. The van der Waals surface area contributed by atoms with Gasteiger partial charge >= 0.3 is 6.09 Å². The number of nitrogens with zero attached hydrogens (tertiary/aromatic N) is 4. The first kappa shape index (κ1) is 24.7. The summed E-state index contributed by atoms with van der Waals surface area (Å²) in [6, 6.07) is 9.03. The lowest BCUT2D eigenvalue weighted by Gasteiger charge is -2.33. The van der Waals surface area contributed by atoms with E-state index in [2.05, 4.69) is 4.98 Å². The maximum atomic E-state index is 15.0. The molecule has 4 rings (SSSR count). The summed E-state index contributed by atoms with van der Waals surface area (Å²) in [5, 5.41) is 0.923. The molecule has 0 aliphatic carbocycles. The van der Waals surface area contributed by atoms with E-state index in [-0.39, 0.29) is 23.7 Å². The minimum Gasteiger partial charge on any atom is -0.444 e. The molecule has 186 valence electrons. The van der Waals surface area contributed by atoms with Crippen LogP contribution in [-0.2, 0) is 11.3 Å². The third-order valence-corrected chi connectivity index (χ3v) is 6.30. The smallest absolute Gasteiger partial charge is 0.410 e. The number of hydrogen-bond acceptors (Lipinski definition) is 4. The lowest BCUT2D eigenvalue weighted by Crippen LogP contribution is -2.41. The Kier molecular flexibility index (Phi) is 6.83. The van der Waals surface area contributed by atoms with Gasteiger partial charge in [0.1, 0.15) is 11.4 Å². The van der Waals surface area contributed by atoms with Gasteiger partial charge in [-0.3, -0.25) is 9.78 Å². The topological polar surface area (TPSA) is 67.7 Å². The highest BCUT2D eigenvalue weighted by atomic mass is 19.1. The Bertz CT molecular complexity index is 1240. The number of amides is 2. The predicted octanol–water partition coefficient (Wildman–Crippen LogP) is 5.04. The zero-order valence-corrected chi connectivity index (χ0v) is 21.0. The standard InChI is InChI=1S/C27H33FN4O3/c1-27(2,3)35-26(34)31-11-8-18(9-12-31)21-15-22(28)23(29-16-21)17-32-13-10-19-14-20(6-7-24(19)32)25(33)30(4)5/h6-7,10,13-16,18H,8-9,11-12,17H2,1-5H3. The summed E-state index contributed by atoms with van der Waals surface area (Å²) in [7, 11) is 3.44. The maximum absolute atomic E-state index is 15.0. The van der Waals surface area contributed by atoms with Crippen LogP contribution in [-0.4, -0.2) is 64.1 Å². The van der Waals surface area contributed by atoms with Crippen LogP contribution in [0.25, 0.3) is 10.9 Å². The molecule has 1 aliphatic heterocycles. The molecule has 0 saturated carbocycles. The molecule has 0 bridgehead atoms. The summed E-state index contributed by atoms with van der Waals surface area (Å²) in [5.74, 6) is -0.233. The summed E-state index contributed by atoms with van der Waals surface area (Å²) in [4.78, 5) is 32.2. The van der Waals surface area contributed by atoms with Crippen LogP contribution >= 0.6 is 0 Å². The van der Waals surface area contributed by atoms with Crippen LogP contribution in [0, 0.1) is 5.82 Å². The minimum atomic E-state index is -0.520. The quantitative estimate of drug-likeness (QED) is 0.525. The maximum Gasteiger partial charge on any atom is 0.410 e. The van der Waals surface area contributed by atoms with Crippen LogP contribution in [0.1, 0.15) is 61.1 Å². The van der Waals surface area contributed by atoms with Crippen LogP contribution in [0.15, 0.2) is 42.7 Å². The Morgan fingerprint density at radius 1 is 1.14 bits per heavy atom. The zero-order valence-electron chi connectivity index (χ0n) is 21.0. The normalized spacial score (nSPS) is 14.9. The first-order chi connectivity index (χ1) is 16.5. The Labute approximate surface area is 205 Å². The van der Waals surface area contributed by atoms with Gasteiger partial charge in [0.15, 0.2) is 0 Å². The van der Waals surface area contributed by atoms with Gasteiger partial charge in [-0.25, -0.2) is 9.18 Å². The molecular formula is C27H33FN4O3. The molecule has 3 aromatic rings. The molecule has 1 aromatic carbocycles. The molecule has 0 atom stereocenters. The van der Waals surface area contributed by atoms with Gasteiger partial charge in [0.2, 0.25) is 0 Å². The Morgan fingerprint density at radius 2 is 1.86 bits per heavy atom. The Balaban J connectivity index is 1.42. The van der Waals surface area contributed by atoms with Gasteiger partial charge in [-0.15, -0.1) is 0 Å². The highest BCUT2D eigenvalue weighted by molar-refractivity contribution is 5.97. The average molecular weight is 481 g/mol. The van der Waals surface area contributed by atoms with Crippen LogP contribution in [0.4, 0.5) is 9.18 Å². The second kappa shape index (κ2) is 9.68. The van der Waals surface area contributed by atoms with Crippen molar-refractivity contribution in [1.29, 1.82) is 0 Å². The number of hydrogen-bond donors (Lipinski definition) is 0. The van der Waals surface area contributed by atoms with Crippen LogP contribution < -0.4 is 0 Å². The molecule has 1 fully saturated rings. The van der Waals surface area contributed by atoms with Crippen LogP contribution in [0.2, 0.25) is 0 Å². The van der Waals surface area contributed by atoms with Gasteiger partial charge in [-0.05, 0) is 75.4 Å². The summed E-state index contributed by atoms with van der Waals surface area (Å²) >= 11 is 0. The number of pyridine rings is 1. The molecule has 1 aliphatic rings. The first-order valence-corrected chi connectivity index (χ1v) is 11.9. The van der Waals surface area contributed by atoms with Crippen molar-refractivity contribution in [2.75, 3.05) is 27.2 Å². The van der Waals surface area contributed by atoms with Gasteiger partial charge in [0.05, 0.1) is 12.2 Å². The van der Waals surface area contributed by atoms with Gasteiger partial charge in [0.25, 0.3) is 5.91 Å². The largest absolute Gasteiger partial charge is 0.444 e. The van der Waals surface area contributed by atoms with Crippen molar-refractivity contribution >= 4 is 22.9 Å².